The molecule has 0 spiro atoms. The molecule has 21 heavy (non-hydrogen) atoms. The Morgan fingerprint density at radius 2 is 1.95 bits per heavy atom. The van der Waals surface area contributed by atoms with Crippen LogP contribution in [0, 0.1) is 5.82 Å². The third-order valence-electron chi connectivity index (χ3n) is 2.96. The van der Waals surface area contributed by atoms with Crippen molar-refractivity contribution in [2.24, 2.45) is 5.16 Å². The van der Waals surface area contributed by atoms with E-state index in [1.807, 2.05) is 12.1 Å². The van der Waals surface area contributed by atoms with E-state index in [-0.39, 0.29) is 12.4 Å². The van der Waals surface area contributed by atoms with Gasteiger partial charge < -0.3 is 9.94 Å². The van der Waals surface area contributed by atoms with Crippen molar-refractivity contribution in [2.45, 2.75) is 20.0 Å². The van der Waals surface area contributed by atoms with Gasteiger partial charge in [-0.25, -0.2) is 4.39 Å². The third-order valence-corrected chi connectivity index (χ3v) is 3.19. The Morgan fingerprint density at radius 1 is 1.24 bits per heavy atom. The molecular formula is C16H15ClFNO2. The molecule has 0 unspecified atom stereocenters. The summed E-state index contributed by atoms with van der Waals surface area (Å²) in [5, 5.41) is 12.2. The predicted molar refractivity (Wildman–Crippen MR) is 80.8 cm³/mol. The van der Waals surface area contributed by atoms with Crippen LogP contribution < -0.4 is 4.74 Å². The molecule has 0 heterocycles. The summed E-state index contributed by atoms with van der Waals surface area (Å²) in [4.78, 5) is 0. The monoisotopic (exact) mass is 307 g/mol. The molecule has 0 saturated carbocycles. The van der Waals surface area contributed by atoms with E-state index in [2.05, 4.69) is 5.16 Å². The predicted octanol–water partition coefficient (Wildman–Crippen LogP) is 4.45. The Balaban J connectivity index is 1.99. The first-order chi connectivity index (χ1) is 10.1. The standard InChI is InChI=1S/C16H15ClFNO2/c1-11(19-20)8-12-2-5-15(6-3-12)21-10-13-9-14(17)4-7-16(13)18/h2-7,9,20H,8,10H2,1H3/b19-11-. The van der Waals surface area contributed by atoms with Gasteiger partial charge in [0, 0.05) is 17.0 Å². The second kappa shape index (κ2) is 7.09. The van der Waals surface area contributed by atoms with Crippen LogP contribution in [0.25, 0.3) is 0 Å². The maximum absolute atomic E-state index is 13.5. The van der Waals surface area contributed by atoms with Crippen molar-refractivity contribution in [3.8, 4) is 5.75 Å². The number of rotatable bonds is 5. The summed E-state index contributed by atoms with van der Waals surface area (Å²) in [5.74, 6) is 0.294. The van der Waals surface area contributed by atoms with Crippen molar-refractivity contribution < 1.29 is 14.3 Å². The average Bonchev–Trinajstić information content (AvgIpc) is 2.49. The van der Waals surface area contributed by atoms with Crippen LogP contribution in [0.5, 0.6) is 5.75 Å². The Labute approximate surface area is 127 Å². The molecule has 3 nitrogen and oxygen atoms in total. The number of halogens is 2. The fourth-order valence-corrected chi connectivity index (χ4v) is 2.04. The molecule has 0 saturated heterocycles. The van der Waals surface area contributed by atoms with E-state index in [4.69, 9.17) is 21.5 Å². The summed E-state index contributed by atoms with van der Waals surface area (Å²) in [7, 11) is 0. The van der Waals surface area contributed by atoms with E-state index >= 15 is 0 Å². The van der Waals surface area contributed by atoms with Crippen molar-refractivity contribution in [3.05, 3.63) is 64.4 Å². The SMILES string of the molecule is C/C(Cc1ccc(OCc2cc(Cl)ccc2F)cc1)=N/O. The molecule has 0 atom stereocenters. The summed E-state index contributed by atoms with van der Waals surface area (Å²) in [6, 6.07) is 11.7. The maximum Gasteiger partial charge on any atom is 0.129 e. The van der Waals surface area contributed by atoms with Crippen molar-refractivity contribution in [1.29, 1.82) is 0 Å². The molecule has 2 aromatic carbocycles. The largest absolute Gasteiger partial charge is 0.489 e. The number of hydrogen-bond donors (Lipinski definition) is 1. The van der Waals surface area contributed by atoms with Gasteiger partial charge in [-0.2, -0.15) is 0 Å². The number of nitrogens with zero attached hydrogens (tertiary/aromatic N) is 1. The Hall–Kier alpha value is -2.07. The van der Waals surface area contributed by atoms with Gasteiger partial charge >= 0.3 is 0 Å². The van der Waals surface area contributed by atoms with Gasteiger partial charge in [0.1, 0.15) is 18.2 Å². The van der Waals surface area contributed by atoms with Crippen LogP contribution in [-0.4, -0.2) is 10.9 Å². The van der Waals surface area contributed by atoms with Crippen LogP contribution in [-0.2, 0) is 13.0 Å². The molecule has 0 aliphatic heterocycles. The highest BCUT2D eigenvalue weighted by Crippen LogP contribution is 2.18. The normalized spacial score (nSPS) is 11.5. The minimum Gasteiger partial charge on any atom is -0.489 e. The van der Waals surface area contributed by atoms with Gasteiger partial charge in [-0.05, 0) is 42.8 Å². The topological polar surface area (TPSA) is 41.8 Å². The van der Waals surface area contributed by atoms with Crippen molar-refractivity contribution in [2.75, 3.05) is 0 Å². The summed E-state index contributed by atoms with van der Waals surface area (Å²) in [6.45, 7) is 1.86. The quantitative estimate of drug-likeness (QED) is 0.504. The van der Waals surface area contributed by atoms with E-state index in [0.29, 0.717) is 28.5 Å². The van der Waals surface area contributed by atoms with Gasteiger partial charge in [0.05, 0.1) is 5.71 Å². The molecule has 1 N–H and O–H groups in total. The van der Waals surface area contributed by atoms with Crippen LogP contribution in [0.15, 0.2) is 47.6 Å². The van der Waals surface area contributed by atoms with E-state index in [9.17, 15) is 4.39 Å². The summed E-state index contributed by atoms with van der Waals surface area (Å²) in [6.07, 6.45) is 0.569. The number of benzene rings is 2. The van der Waals surface area contributed by atoms with E-state index in [0.717, 1.165) is 5.56 Å². The average molecular weight is 308 g/mol. The van der Waals surface area contributed by atoms with Gasteiger partial charge in [-0.15, -0.1) is 0 Å². The van der Waals surface area contributed by atoms with Crippen molar-refractivity contribution in [1.82, 2.24) is 0 Å². The lowest BCUT2D eigenvalue weighted by Gasteiger charge is -2.08. The van der Waals surface area contributed by atoms with Gasteiger partial charge in [0.25, 0.3) is 0 Å². The Morgan fingerprint density at radius 3 is 2.62 bits per heavy atom. The van der Waals surface area contributed by atoms with Gasteiger partial charge in [0.15, 0.2) is 0 Å². The molecule has 5 heteroatoms. The van der Waals surface area contributed by atoms with Crippen molar-refractivity contribution >= 4 is 17.3 Å². The molecule has 0 radical (unpaired) electrons. The summed E-state index contributed by atoms with van der Waals surface area (Å²) in [5.41, 5.74) is 2.05. The van der Waals surface area contributed by atoms with Crippen molar-refractivity contribution in [3.63, 3.8) is 0 Å². The minimum atomic E-state index is -0.342. The van der Waals surface area contributed by atoms with E-state index < -0.39 is 0 Å². The lowest BCUT2D eigenvalue weighted by atomic mass is 10.1. The molecular weight excluding hydrogens is 293 g/mol. The highest BCUT2D eigenvalue weighted by atomic mass is 35.5. The maximum atomic E-state index is 13.5. The zero-order valence-corrected chi connectivity index (χ0v) is 12.3. The van der Waals surface area contributed by atoms with Crippen LogP contribution in [0.3, 0.4) is 0 Å². The van der Waals surface area contributed by atoms with Gasteiger partial charge in [-0.1, -0.05) is 28.9 Å². The highest BCUT2D eigenvalue weighted by Gasteiger charge is 2.04. The number of oxime groups is 1. The zero-order valence-electron chi connectivity index (χ0n) is 11.5. The second-order valence-electron chi connectivity index (χ2n) is 4.68. The molecule has 2 rings (SSSR count). The molecule has 0 aliphatic carbocycles. The van der Waals surface area contributed by atoms with Gasteiger partial charge in [0.2, 0.25) is 0 Å². The lowest BCUT2D eigenvalue weighted by molar-refractivity contribution is 0.300. The molecule has 0 aliphatic rings. The summed E-state index contributed by atoms with van der Waals surface area (Å²) < 4.78 is 19.1. The van der Waals surface area contributed by atoms with Crippen LogP contribution in [0.1, 0.15) is 18.1 Å². The lowest BCUT2D eigenvalue weighted by Crippen LogP contribution is -2.00. The number of ether oxygens (including phenoxy) is 1. The van der Waals surface area contributed by atoms with E-state index in [1.165, 1.54) is 12.1 Å². The van der Waals surface area contributed by atoms with Gasteiger partial charge in [-0.3, -0.25) is 0 Å². The zero-order chi connectivity index (χ0) is 15.2. The molecule has 110 valence electrons. The van der Waals surface area contributed by atoms with Crippen LogP contribution >= 0.6 is 11.6 Å². The molecule has 0 aromatic heterocycles. The second-order valence-corrected chi connectivity index (χ2v) is 5.12. The fraction of sp³-hybridized carbons (Fsp3) is 0.188. The highest BCUT2D eigenvalue weighted by molar-refractivity contribution is 6.30. The first-order valence-corrected chi connectivity index (χ1v) is 6.79. The Bertz CT molecular complexity index is 641. The first kappa shape index (κ1) is 15.3. The molecule has 0 amide bonds. The van der Waals surface area contributed by atoms with Crippen LogP contribution in [0.2, 0.25) is 5.02 Å². The molecule has 2 aromatic rings. The molecule has 0 bridgehead atoms. The fourth-order valence-electron chi connectivity index (χ4n) is 1.85. The smallest absolute Gasteiger partial charge is 0.129 e. The minimum absolute atomic E-state index is 0.114. The third kappa shape index (κ3) is 4.46. The molecule has 0 fully saturated rings. The van der Waals surface area contributed by atoms with Crippen LogP contribution in [0.4, 0.5) is 4.39 Å². The Kier molecular flexibility index (Phi) is 5.17. The summed E-state index contributed by atoms with van der Waals surface area (Å²) >= 11 is 5.83. The first-order valence-electron chi connectivity index (χ1n) is 6.41. The van der Waals surface area contributed by atoms with E-state index in [1.54, 1.807) is 25.1 Å². The number of hydrogen-bond acceptors (Lipinski definition) is 3.